The zero-order valence-corrected chi connectivity index (χ0v) is 10.6. The molecular formula is C15H15NO3. The number of hydrogen-bond acceptors (Lipinski definition) is 3. The second kappa shape index (κ2) is 5.44. The summed E-state index contributed by atoms with van der Waals surface area (Å²) in [5.41, 5.74) is 8.64. The van der Waals surface area contributed by atoms with E-state index in [0.717, 1.165) is 11.1 Å². The van der Waals surface area contributed by atoms with Crippen LogP contribution in [0.5, 0.6) is 5.75 Å². The maximum absolute atomic E-state index is 10.7. The fraction of sp³-hybridized carbons (Fsp3) is 0.133. The Hall–Kier alpha value is -2.49. The normalized spacial score (nSPS) is 10.2. The summed E-state index contributed by atoms with van der Waals surface area (Å²) in [6, 6.07) is 12.2. The molecule has 0 amide bonds. The van der Waals surface area contributed by atoms with Crippen LogP contribution in [-0.4, -0.2) is 11.1 Å². The molecule has 0 bridgehead atoms. The SMILES string of the molecule is Cc1ccc(N)c(OCc2ccc(C(=O)O)cc2)c1. The summed E-state index contributed by atoms with van der Waals surface area (Å²) < 4.78 is 5.63. The number of carboxylic acids is 1. The van der Waals surface area contributed by atoms with E-state index in [1.54, 1.807) is 30.3 Å². The molecule has 0 aromatic heterocycles. The highest BCUT2D eigenvalue weighted by atomic mass is 16.5. The highest BCUT2D eigenvalue weighted by Crippen LogP contribution is 2.23. The Morgan fingerprint density at radius 2 is 1.89 bits per heavy atom. The lowest BCUT2D eigenvalue weighted by Crippen LogP contribution is -2.00. The minimum atomic E-state index is -0.935. The first-order valence-electron chi connectivity index (χ1n) is 5.87. The Morgan fingerprint density at radius 1 is 1.21 bits per heavy atom. The number of aryl methyl sites for hydroxylation is 1. The van der Waals surface area contributed by atoms with Crippen molar-refractivity contribution in [1.82, 2.24) is 0 Å². The van der Waals surface area contributed by atoms with Crippen molar-refractivity contribution in [2.45, 2.75) is 13.5 Å². The maximum Gasteiger partial charge on any atom is 0.335 e. The van der Waals surface area contributed by atoms with Gasteiger partial charge in [0, 0.05) is 0 Å². The zero-order valence-electron chi connectivity index (χ0n) is 10.6. The molecule has 19 heavy (non-hydrogen) atoms. The predicted molar refractivity (Wildman–Crippen MR) is 73.3 cm³/mol. The van der Waals surface area contributed by atoms with E-state index in [0.29, 0.717) is 18.0 Å². The van der Waals surface area contributed by atoms with E-state index in [1.807, 2.05) is 19.1 Å². The molecule has 2 rings (SSSR count). The predicted octanol–water partition coefficient (Wildman–Crippen LogP) is 2.85. The molecule has 0 fully saturated rings. The van der Waals surface area contributed by atoms with Crippen molar-refractivity contribution in [3.05, 3.63) is 59.2 Å². The molecule has 3 N–H and O–H groups in total. The van der Waals surface area contributed by atoms with Crippen molar-refractivity contribution in [3.63, 3.8) is 0 Å². The lowest BCUT2D eigenvalue weighted by molar-refractivity contribution is 0.0697. The topological polar surface area (TPSA) is 72.5 Å². The van der Waals surface area contributed by atoms with Crippen LogP contribution < -0.4 is 10.5 Å². The second-order valence-electron chi connectivity index (χ2n) is 4.33. The van der Waals surface area contributed by atoms with E-state index in [9.17, 15) is 4.79 Å². The van der Waals surface area contributed by atoms with Crippen LogP contribution >= 0.6 is 0 Å². The summed E-state index contributed by atoms with van der Waals surface area (Å²) in [5, 5.41) is 8.80. The monoisotopic (exact) mass is 257 g/mol. The number of hydrogen-bond donors (Lipinski definition) is 2. The van der Waals surface area contributed by atoms with Crippen LogP contribution in [0.1, 0.15) is 21.5 Å². The van der Waals surface area contributed by atoms with Crippen LogP contribution in [0.15, 0.2) is 42.5 Å². The van der Waals surface area contributed by atoms with Gasteiger partial charge >= 0.3 is 5.97 Å². The number of rotatable bonds is 4. The van der Waals surface area contributed by atoms with E-state index in [-0.39, 0.29) is 5.56 Å². The molecule has 2 aromatic carbocycles. The minimum absolute atomic E-state index is 0.263. The molecule has 0 radical (unpaired) electrons. The van der Waals surface area contributed by atoms with Gasteiger partial charge in [0.25, 0.3) is 0 Å². The quantitative estimate of drug-likeness (QED) is 0.826. The smallest absolute Gasteiger partial charge is 0.335 e. The lowest BCUT2D eigenvalue weighted by atomic mass is 10.1. The average molecular weight is 257 g/mol. The van der Waals surface area contributed by atoms with E-state index in [2.05, 4.69) is 0 Å². The molecule has 0 saturated heterocycles. The van der Waals surface area contributed by atoms with Gasteiger partial charge in [-0.05, 0) is 42.3 Å². The third-order valence-corrected chi connectivity index (χ3v) is 2.76. The van der Waals surface area contributed by atoms with Gasteiger partial charge in [0.05, 0.1) is 11.3 Å². The summed E-state index contributed by atoms with van der Waals surface area (Å²) in [7, 11) is 0. The van der Waals surface area contributed by atoms with E-state index in [1.165, 1.54) is 0 Å². The number of carbonyl (C=O) groups is 1. The Balaban J connectivity index is 2.06. The van der Waals surface area contributed by atoms with Gasteiger partial charge in [0.15, 0.2) is 0 Å². The molecule has 4 heteroatoms. The largest absolute Gasteiger partial charge is 0.487 e. The highest BCUT2D eigenvalue weighted by molar-refractivity contribution is 5.87. The number of nitrogen functional groups attached to an aromatic ring is 1. The highest BCUT2D eigenvalue weighted by Gasteiger charge is 2.04. The van der Waals surface area contributed by atoms with Crippen LogP contribution in [-0.2, 0) is 6.61 Å². The van der Waals surface area contributed by atoms with Gasteiger partial charge in [-0.15, -0.1) is 0 Å². The second-order valence-corrected chi connectivity index (χ2v) is 4.33. The van der Waals surface area contributed by atoms with Crippen molar-refractivity contribution in [1.29, 1.82) is 0 Å². The first kappa shape index (κ1) is 13.0. The van der Waals surface area contributed by atoms with Crippen LogP contribution in [0.4, 0.5) is 5.69 Å². The summed E-state index contributed by atoms with van der Waals surface area (Å²) in [6.45, 7) is 2.32. The molecule has 4 nitrogen and oxygen atoms in total. The van der Waals surface area contributed by atoms with Crippen LogP contribution in [0.3, 0.4) is 0 Å². The van der Waals surface area contributed by atoms with Crippen molar-refractivity contribution in [3.8, 4) is 5.75 Å². The van der Waals surface area contributed by atoms with E-state index < -0.39 is 5.97 Å². The van der Waals surface area contributed by atoms with Crippen molar-refractivity contribution in [2.24, 2.45) is 0 Å². The fourth-order valence-corrected chi connectivity index (χ4v) is 1.67. The first-order valence-corrected chi connectivity index (χ1v) is 5.87. The Kier molecular flexibility index (Phi) is 3.71. The molecule has 2 aromatic rings. The summed E-state index contributed by atoms with van der Waals surface area (Å²) >= 11 is 0. The average Bonchev–Trinajstić information content (AvgIpc) is 2.40. The number of carboxylic acid groups (broad SMARTS) is 1. The molecule has 0 unspecified atom stereocenters. The van der Waals surface area contributed by atoms with Crippen LogP contribution in [0, 0.1) is 6.92 Å². The first-order chi connectivity index (χ1) is 9.06. The van der Waals surface area contributed by atoms with Gasteiger partial charge < -0.3 is 15.6 Å². The molecule has 0 aliphatic heterocycles. The van der Waals surface area contributed by atoms with Gasteiger partial charge in [-0.2, -0.15) is 0 Å². The number of anilines is 1. The number of ether oxygens (including phenoxy) is 1. The van der Waals surface area contributed by atoms with Crippen molar-refractivity contribution >= 4 is 11.7 Å². The van der Waals surface area contributed by atoms with Crippen molar-refractivity contribution < 1.29 is 14.6 Å². The van der Waals surface area contributed by atoms with Crippen molar-refractivity contribution in [2.75, 3.05) is 5.73 Å². The van der Waals surface area contributed by atoms with Crippen LogP contribution in [0.2, 0.25) is 0 Å². The third-order valence-electron chi connectivity index (χ3n) is 2.76. The molecule has 0 aliphatic carbocycles. The Labute approximate surface area is 111 Å². The standard InChI is InChI=1S/C15H15NO3/c1-10-2-7-13(16)14(8-10)19-9-11-3-5-12(6-4-11)15(17)18/h2-8H,9,16H2,1H3,(H,17,18). The van der Waals surface area contributed by atoms with Gasteiger partial charge in [0.2, 0.25) is 0 Å². The number of nitrogens with two attached hydrogens (primary N) is 1. The summed E-state index contributed by atoms with van der Waals surface area (Å²) in [4.78, 5) is 10.7. The Bertz CT molecular complexity index is 591. The Morgan fingerprint density at radius 3 is 2.53 bits per heavy atom. The maximum atomic E-state index is 10.7. The van der Waals surface area contributed by atoms with Gasteiger partial charge in [-0.3, -0.25) is 0 Å². The van der Waals surface area contributed by atoms with Gasteiger partial charge in [0.1, 0.15) is 12.4 Å². The number of benzene rings is 2. The van der Waals surface area contributed by atoms with Gasteiger partial charge in [-0.25, -0.2) is 4.79 Å². The van der Waals surface area contributed by atoms with Crippen LogP contribution in [0.25, 0.3) is 0 Å². The summed E-state index contributed by atoms with van der Waals surface area (Å²) in [5.74, 6) is -0.294. The number of aromatic carboxylic acids is 1. The molecular weight excluding hydrogens is 242 g/mol. The summed E-state index contributed by atoms with van der Waals surface area (Å²) in [6.07, 6.45) is 0. The zero-order chi connectivity index (χ0) is 13.8. The lowest BCUT2D eigenvalue weighted by Gasteiger charge is -2.09. The third kappa shape index (κ3) is 3.25. The van der Waals surface area contributed by atoms with Gasteiger partial charge in [-0.1, -0.05) is 18.2 Å². The molecule has 0 saturated carbocycles. The molecule has 0 heterocycles. The molecule has 98 valence electrons. The molecule has 0 aliphatic rings. The van der Waals surface area contributed by atoms with E-state index in [4.69, 9.17) is 15.6 Å². The molecule has 0 spiro atoms. The van der Waals surface area contributed by atoms with E-state index >= 15 is 0 Å². The fourth-order valence-electron chi connectivity index (χ4n) is 1.67. The minimum Gasteiger partial charge on any atom is -0.487 e. The molecule has 0 atom stereocenters.